The van der Waals surface area contributed by atoms with E-state index >= 15 is 0 Å². The van der Waals surface area contributed by atoms with E-state index in [1.807, 2.05) is 0 Å². The molecule has 7 heteroatoms. The maximum absolute atomic E-state index is 11.0. The molecule has 0 saturated heterocycles. The Hall–Kier alpha value is -1.25. The highest BCUT2D eigenvalue weighted by atomic mass is 127. The van der Waals surface area contributed by atoms with Gasteiger partial charge in [-0.1, -0.05) is 19.8 Å². The predicted octanol–water partition coefficient (Wildman–Crippen LogP) is 2.83. The molecule has 0 spiro atoms. The van der Waals surface area contributed by atoms with Crippen molar-refractivity contribution in [2.45, 2.75) is 39.2 Å². The van der Waals surface area contributed by atoms with Crippen molar-refractivity contribution in [3.05, 3.63) is 23.7 Å². The first-order valence-corrected chi connectivity index (χ1v) is 8.30. The van der Waals surface area contributed by atoms with Crippen LogP contribution in [0.25, 0.3) is 0 Å². The van der Waals surface area contributed by atoms with Crippen molar-refractivity contribution in [1.82, 2.24) is 10.2 Å². The number of furan rings is 1. The van der Waals surface area contributed by atoms with Crippen molar-refractivity contribution < 1.29 is 9.21 Å². The minimum Gasteiger partial charge on any atom is -0.454 e. The second kappa shape index (κ2) is 9.90. The zero-order valence-corrected chi connectivity index (χ0v) is 17.1. The average molecular weight is 448 g/mol. The van der Waals surface area contributed by atoms with Crippen LogP contribution < -0.4 is 11.1 Å². The summed E-state index contributed by atoms with van der Waals surface area (Å²) in [5.41, 5.74) is 5.19. The van der Waals surface area contributed by atoms with Crippen molar-refractivity contribution in [2.75, 3.05) is 20.6 Å². The molecule has 6 nitrogen and oxygen atoms in total. The van der Waals surface area contributed by atoms with Gasteiger partial charge in [0.05, 0.1) is 6.54 Å². The van der Waals surface area contributed by atoms with Crippen LogP contribution in [0.5, 0.6) is 0 Å². The summed E-state index contributed by atoms with van der Waals surface area (Å²) >= 11 is 0. The first kappa shape index (κ1) is 20.8. The third-order valence-corrected chi connectivity index (χ3v) is 4.57. The molecular formula is C17H29IN4O2. The first-order chi connectivity index (χ1) is 11.0. The average Bonchev–Trinajstić information content (AvgIpc) is 2.99. The first-order valence-electron chi connectivity index (χ1n) is 8.30. The monoisotopic (exact) mass is 448 g/mol. The smallest absolute Gasteiger partial charge is 0.284 e. The van der Waals surface area contributed by atoms with E-state index in [1.165, 1.54) is 25.7 Å². The molecule has 24 heavy (non-hydrogen) atoms. The molecule has 1 fully saturated rings. The van der Waals surface area contributed by atoms with Gasteiger partial charge in [-0.3, -0.25) is 9.79 Å². The molecule has 136 valence electrons. The zero-order chi connectivity index (χ0) is 16.8. The number of primary amides is 1. The summed E-state index contributed by atoms with van der Waals surface area (Å²) in [5, 5.41) is 3.27. The lowest BCUT2D eigenvalue weighted by atomic mass is 9.83. The van der Waals surface area contributed by atoms with Gasteiger partial charge in [-0.15, -0.1) is 24.0 Å². The van der Waals surface area contributed by atoms with Crippen molar-refractivity contribution in [3.63, 3.8) is 0 Å². The topological polar surface area (TPSA) is 83.9 Å². The van der Waals surface area contributed by atoms with Crippen LogP contribution in [0.15, 0.2) is 21.5 Å². The van der Waals surface area contributed by atoms with Gasteiger partial charge in [0.15, 0.2) is 11.7 Å². The number of nitrogens with one attached hydrogen (secondary N) is 1. The molecular weight excluding hydrogens is 419 g/mol. The molecule has 0 aliphatic heterocycles. The number of guanidine groups is 1. The summed E-state index contributed by atoms with van der Waals surface area (Å²) in [6.07, 6.45) is 5.24. The summed E-state index contributed by atoms with van der Waals surface area (Å²) in [6, 6.07) is 3.35. The maximum atomic E-state index is 11.0. The van der Waals surface area contributed by atoms with E-state index in [-0.39, 0.29) is 29.7 Å². The van der Waals surface area contributed by atoms with Gasteiger partial charge in [0.2, 0.25) is 0 Å². The Kier molecular flexibility index (Phi) is 8.58. The zero-order valence-electron chi connectivity index (χ0n) is 14.7. The number of aliphatic imine (C=N–C) groups is 1. The minimum absolute atomic E-state index is 0. The second-order valence-electron chi connectivity index (χ2n) is 6.54. The predicted molar refractivity (Wildman–Crippen MR) is 107 cm³/mol. The van der Waals surface area contributed by atoms with E-state index in [4.69, 9.17) is 10.2 Å². The molecule has 1 aliphatic carbocycles. The van der Waals surface area contributed by atoms with Gasteiger partial charge in [0.25, 0.3) is 5.91 Å². The van der Waals surface area contributed by atoms with E-state index in [1.54, 1.807) is 19.2 Å². The highest BCUT2D eigenvalue weighted by Crippen LogP contribution is 2.28. The lowest BCUT2D eigenvalue weighted by Crippen LogP contribution is -2.41. The number of hydrogen-bond donors (Lipinski definition) is 2. The number of halogens is 1. The lowest BCUT2D eigenvalue weighted by molar-refractivity contribution is 0.0972. The molecule has 0 bridgehead atoms. The Morgan fingerprint density at radius 2 is 2.04 bits per heavy atom. The highest BCUT2D eigenvalue weighted by Gasteiger charge is 2.20. The molecule has 1 heterocycles. The fraction of sp³-hybridized carbons (Fsp3) is 0.647. The van der Waals surface area contributed by atoms with E-state index < -0.39 is 5.91 Å². The van der Waals surface area contributed by atoms with Crippen LogP contribution in [-0.4, -0.2) is 37.4 Å². The SMILES string of the molecule is CN=C(NCc1ccc(C(N)=O)o1)N(C)CC1CCC(C)CC1.I. The third kappa shape index (κ3) is 5.99. The molecule has 0 radical (unpaired) electrons. The largest absolute Gasteiger partial charge is 0.454 e. The molecule has 0 atom stereocenters. The molecule has 1 aliphatic rings. The van der Waals surface area contributed by atoms with Crippen molar-refractivity contribution in [3.8, 4) is 0 Å². The van der Waals surface area contributed by atoms with Gasteiger partial charge in [0.1, 0.15) is 5.76 Å². The van der Waals surface area contributed by atoms with Crippen molar-refractivity contribution >= 4 is 35.8 Å². The third-order valence-electron chi connectivity index (χ3n) is 4.57. The number of carbonyl (C=O) groups excluding carboxylic acids is 1. The van der Waals surface area contributed by atoms with E-state index in [2.05, 4.69) is 29.2 Å². The Labute approximate surface area is 161 Å². The number of nitrogens with two attached hydrogens (primary N) is 1. The van der Waals surface area contributed by atoms with Crippen LogP contribution in [0.3, 0.4) is 0 Å². The van der Waals surface area contributed by atoms with Crippen LogP contribution in [-0.2, 0) is 6.54 Å². The van der Waals surface area contributed by atoms with Crippen LogP contribution in [0.1, 0.15) is 48.9 Å². The van der Waals surface area contributed by atoms with E-state index in [0.717, 1.165) is 24.3 Å². The van der Waals surface area contributed by atoms with Gasteiger partial charge in [-0.25, -0.2) is 0 Å². The van der Waals surface area contributed by atoms with Crippen LogP contribution in [0.4, 0.5) is 0 Å². The van der Waals surface area contributed by atoms with Crippen LogP contribution in [0.2, 0.25) is 0 Å². The lowest BCUT2D eigenvalue weighted by Gasteiger charge is -2.31. The summed E-state index contributed by atoms with van der Waals surface area (Å²) in [4.78, 5) is 17.5. The van der Waals surface area contributed by atoms with Crippen LogP contribution >= 0.6 is 24.0 Å². The summed E-state index contributed by atoms with van der Waals surface area (Å²) in [6.45, 7) is 3.83. The quantitative estimate of drug-likeness (QED) is 0.412. The normalized spacial score (nSPS) is 21.0. The fourth-order valence-electron chi connectivity index (χ4n) is 3.14. The Morgan fingerprint density at radius 1 is 1.38 bits per heavy atom. The number of nitrogens with zero attached hydrogens (tertiary/aromatic N) is 2. The molecule has 1 saturated carbocycles. The number of carbonyl (C=O) groups is 1. The molecule has 2 rings (SSSR count). The van der Waals surface area contributed by atoms with Gasteiger partial charge < -0.3 is 20.4 Å². The summed E-state index contributed by atoms with van der Waals surface area (Å²) < 4.78 is 5.37. The molecule has 1 aromatic heterocycles. The Morgan fingerprint density at radius 3 is 2.58 bits per heavy atom. The van der Waals surface area contributed by atoms with Gasteiger partial charge in [-0.2, -0.15) is 0 Å². The fourth-order valence-corrected chi connectivity index (χ4v) is 3.14. The van der Waals surface area contributed by atoms with Gasteiger partial charge in [-0.05, 0) is 36.8 Å². The minimum atomic E-state index is -0.552. The molecule has 3 N–H and O–H groups in total. The molecule has 1 aromatic rings. The number of amides is 1. The Balaban J connectivity index is 0.00000288. The highest BCUT2D eigenvalue weighted by molar-refractivity contribution is 14.0. The van der Waals surface area contributed by atoms with Crippen LogP contribution in [0, 0.1) is 11.8 Å². The second-order valence-corrected chi connectivity index (χ2v) is 6.54. The summed E-state index contributed by atoms with van der Waals surface area (Å²) in [5.74, 6) is 2.73. The summed E-state index contributed by atoms with van der Waals surface area (Å²) in [7, 11) is 3.84. The van der Waals surface area contributed by atoms with Crippen molar-refractivity contribution in [1.29, 1.82) is 0 Å². The van der Waals surface area contributed by atoms with Gasteiger partial charge >= 0.3 is 0 Å². The standard InChI is InChI=1S/C17H28N4O2.HI/c1-12-4-6-13(7-5-12)11-21(3)17(19-2)20-10-14-8-9-15(23-14)16(18)22;/h8-9,12-13H,4-7,10-11H2,1-3H3,(H2,18,22)(H,19,20);1H. The Bertz CT molecular complexity index is 551. The van der Waals surface area contributed by atoms with E-state index in [0.29, 0.717) is 12.3 Å². The molecule has 0 aromatic carbocycles. The van der Waals surface area contributed by atoms with E-state index in [9.17, 15) is 4.79 Å². The molecule has 0 unspecified atom stereocenters. The number of hydrogen-bond acceptors (Lipinski definition) is 3. The number of rotatable bonds is 5. The van der Waals surface area contributed by atoms with Gasteiger partial charge in [0, 0.05) is 20.6 Å². The van der Waals surface area contributed by atoms with Crippen molar-refractivity contribution in [2.24, 2.45) is 22.6 Å². The maximum Gasteiger partial charge on any atom is 0.284 e. The molecule has 1 amide bonds.